The maximum absolute atomic E-state index is 12.2. The van der Waals surface area contributed by atoms with Crippen molar-refractivity contribution < 1.29 is 14.3 Å². The van der Waals surface area contributed by atoms with Crippen molar-refractivity contribution in [3.05, 3.63) is 89.4 Å². The van der Waals surface area contributed by atoms with E-state index in [-0.39, 0.29) is 12.3 Å². The fourth-order valence-corrected chi connectivity index (χ4v) is 2.62. The van der Waals surface area contributed by atoms with Crippen molar-refractivity contribution in [2.24, 2.45) is 0 Å². The highest BCUT2D eigenvalue weighted by atomic mass is 35.5. The fourth-order valence-electron chi connectivity index (χ4n) is 2.49. The van der Waals surface area contributed by atoms with Crippen molar-refractivity contribution in [2.75, 3.05) is 18.5 Å². The summed E-state index contributed by atoms with van der Waals surface area (Å²) in [5.74, 6) is 1.39. The molecule has 3 rings (SSSR count). The van der Waals surface area contributed by atoms with Gasteiger partial charge in [0.15, 0.2) is 0 Å². The van der Waals surface area contributed by atoms with Crippen molar-refractivity contribution in [1.82, 2.24) is 0 Å². The van der Waals surface area contributed by atoms with E-state index >= 15 is 0 Å². The Morgan fingerprint density at radius 1 is 0.815 bits per heavy atom. The Morgan fingerprint density at radius 3 is 2.22 bits per heavy atom. The molecule has 5 heteroatoms. The average molecular weight is 382 g/mol. The molecule has 0 aliphatic carbocycles. The number of benzene rings is 3. The highest BCUT2D eigenvalue weighted by molar-refractivity contribution is 6.30. The number of anilines is 1. The van der Waals surface area contributed by atoms with Gasteiger partial charge in [-0.3, -0.25) is 4.79 Å². The minimum Gasteiger partial charge on any atom is -0.490 e. The van der Waals surface area contributed by atoms with Gasteiger partial charge in [0, 0.05) is 16.8 Å². The Hall–Kier alpha value is -2.98. The Labute approximate surface area is 163 Å². The van der Waals surface area contributed by atoms with E-state index < -0.39 is 0 Å². The van der Waals surface area contributed by atoms with Gasteiger partial charge in [-0.2, -0.15) is 0 Å². The molecule has 1 amide bonds. The molecule has 3 aromatic rings. The van der Waals surface area contributed by atoms with Gasteiger partial charge >= 0.3 is 0 Å². The second-order valence-electron chi connectivity index (χ2n) is 5.89. The van der Waals surface area contributed by atoms with Gasteiger partial charge in [-0.25, -0.2) is 0 Å². The van der Waals surface area contributed by atoms with Crippen LogP contribution in [0.5, 0.6) is 11.5 Å². The molecule has 0 saturated heterocycles. The molecular weight excluding hydrogens is 362 g/mol. The lowest BCUT2D eigenvalue weighted by molar-refractivity contribution is -0.115. The number of hydrogen-bond acceptors (Lipinski definition) is 3. The Kier molecular flexibility index (Phi) is 6.72. The van der Waals surface area contributed by atoms with E-state index in [0.717, 1.165) is 11.3 Å². The third kappa shape index (κ3) is 6.35. The zero-order valence-corrected chi connectivity index (χ0v) is 15.5. The average Bonchev–Trinajstić information content (AvgIpc) is 2.68. The smallest absolute Gasteiger partial charge is 0.228 e. The van der Waals surface area contributed by atoms with Gasteiger partial charge < -0.3 is 14.8 Å². The predicted molar refractivity (Wildman–Crippen MR) is 108 cm³/mol. The molecule has 0 radical (unpaired) electrons. The number of halogens is 1. The second kappa shape index (κ2) is 9.64. The highest BCUT2D eigenvalue weighted by Gasteiger charge is 2.05. The van der Waals surface area contributed by atoms with Crippen LogP contribution < -0.4 is 14.8 Å². The van der Waals surface area contributed by atoms with Crippen LogP contribution in [-0.4, -0.2) is 19.1 Å². The van der Waals surface area contributed by atoms with E-state index in [1.54, 1.807) is 18.2 Å². The quantitative estimate of drug-likeness (QED) is 0.560. The minimum atomic E-state index is -0.0955. The van der Waals surface area contributed by atoms with E-state index in [1.807, 2.05) is 60.7 Å². The van der Waals surface area contributed by atoms with Crippen LogP contribution in [0.1, 0.15) is 5.56 Å². The molecule has 0 spiro atoms. The molecule has 0 atom stereocenters. The number of para-hydroxylation sites is 1. The van der Waals surface area contributed by atoms with E-state index in [1.165, 1.54) is 0 Å². The summed E-state index contributed by atoms with van der Waals surface area (Å²) >= 11 is 5.86. The van der Waals surface area contributed by atoms with Gasteiger partial charge in [-0.1, -0.05) is 48.0 Å². The summed E-state index contributed by atoms with van der Waals surface area (Å²) in [4.78, 5) is 12.2. The number of ether oxygens (including phenoxy) is 2. The summed E-state index contributed by atoms with van der Waals surface area (Å²) in [5.41, 5.74) is 1.60. The Bertz CT molecular complexity index is 866. The molecule has 0 aromatic heterocycles. The van der Waals surface area contributed by atoms with Crippen LogP contribution in [0.3, 0.4) is 0 Å². The zero-order valence-electron chi connectivity index (χ0n) is 14.7. The maximum atomic E-state index is 12.2. The molecule has 27 heavy (non-hydrogen) atoms. The number of nitrogens with one attached hydrogen (secondary N) is 1. The summed E-state index contributed by atoms with van der Waals surface area (Å²) in [6, 6.07) is 24.1. The van der Waals surface area contributed by atoms with Crippen LogP contribution in [0.2, 0.25) is 5.02 Å². The first-order valence-electron chi connectivity index (χ1n) is 8.64. The van der Waals surface area contributed by atoms with Gasteiger partial charge in [0.05, 0.1) is 6.42 Å². The fraction of sp³-hybridized carbons (Fsp3) is 0.136. The molecule has 0 aliphatic heterocycles. The van der Waals surface area contributed by atoms with Crippen LogP contribution in [-0.2, 0) is 11.2 Å². The second-order valence-corrected chi connectivity index (χ2v) is 6.33. The normalized spacial score (nSPS) is 10.3. The monoisotopic (exact) mass is 381 g/mol. The Morgan fingerprint density at radius 2 is 1.48 bits per heavy atom. The topological polar surface area (TPSA) is 47.6 Å². The van der Waals surface area contributed by atoms with Crippen LogP contribution in [0.15, 0.2) is 78.9 Å². The molecule has 3 aromatic carbocycles. The third-order valence-corrected chi connectivity index (χ3v) is 4.01. The molecule has 0 fully saturated rings. The van der Waals surface area contributed by atoms with E-state index in [2.05, 4.69) is 5.32 Å². The summed E-state index contributed by atoms with van der Waals surface area (Å²) in [5, 5.41) is 3.53. The lowest BCUT2D eigenvalue weighted by Gasteiger charge is -2.10. The van der Waals surface area contributed by atoms with Gasteiger partial charge in [-0.05, 0) is 42.0 Å². The van der Waals surface area contributed by atoms with Crippen LogP contribution in [0.4, 0.5) is 5.69 Å². The molecule has 0 bridgehead atoms. The van der Waals surface area contributed by atoms with E-state index in [0.29, 0.717) is 29.7 Å². The molecule has 0 aliphatic rings. The van der Waals surface area contributed by atoms with Gasteiger partial charge in [0.2, 0.25) is 5.91 Å². The lowest BCUT2D eigenvalue weighted by Crippen LogP contribution is -2.14. The van der Waals surface area contributed by atoms with Crippen molar-refractivity contribution >= 4 is 23.2 Å². The van der Waals surface area contributed by atoms with Crippen molar-refractivity contribution in [2.45, 2.75) is 6.42 Å². The van der Waals surface area contributed by atoms with Gasteiger partial charge in [0.25, 0.3) is 0 Å². The van der Waals surface area contributed by atoms with Gasteiger partial charge in [0.1, 0.15) is 24.7 Å². The maximum Gasteiger partial charge on any atom is 0.228 e. The van der Waals surface area contributed by atoms with E-state index in [4.69, 9.17) is 21.1 Å². The summed E-state index contributed by atoms with van der Waals surface area (Å²) in [6.07, 6.45) is 0.285. The van der Waals surface area contributed by atoms with Crippen LogP contribution in [0.25, 0.3) is 0 Å². The number of hydrogen-bond donors (Lipinski definition) is 1. The number of carbonyl (C=O) groups excluding carboxylic acids is 1. The van der Waals surface area contributed by atoms with Crippen molar-refractivity contribution in [3.8, 4) is 11.5 Å². The lowest BCUT2D eigenvalue weighted by atomic mass is 10.1. The van der Waals surface area contributed by atoms with Crippen LogP contribution in [0, 0.1) is 0 Å². The highest BCUT2D eigenvalue weighted by Crippen LogP contribution is 2.18. The largest absolute Gasteiger partial charge is 0.490 e. The van der Waals surface area contributed by atoms with Crippen molar-refractivity contribution in [1.29, 1.82) is 0 Å². The van der Waals surface area contributed by atoms with Gasteiger partial charge in [-0.15, -0.1) is 0 Å². The SMILES string of the molecule is O=C(Cc1ccc(Cl)cc1)Nc1cccc(OCCOc2ccccc2)c1. The molecule has 138 valence electrons. The number of amides is 1. The third-order valence-electron chi connectivity index (χ3n) is 3.76. The summed E-state index contributed by atoms with van der Waals surface area (Å²) < 4.78 is 11.3. The first-order valence-corrected chi connectivity index (χ1v) is 9.02. The molecule has 0 saturated carbocycles. The van der Waals surface area contributed by atoms with E-state index in [9.17, 15) is 4.79 Å². The number of rotatable bonds is 8. The Balaban J connectivity index is 1.46. The van der Waals surface area contributed by atoms with Crippen molar-refractivity contribution in [3.63, 3.8) is 0 Å². The molecule has 0 unspecified atom stereocenters. The van der Waals surface area contributed by atoms with Crippen LogP contribution >= 0.6 is 11.6 Å². The standard InChI is InChI=1S/C22H20ClNO3/c23-18-11-9-17(10-12-18)15-22(25)24-19-5-4-8-21(16-19)27-14-13-26-20-6-2-1-3-7-20/h1-12,16H,13-15H2,(H,24,25). The molecular formula is C22H20ClNO3. The molecule has 0 heterocycles. The zero-order chi connectivity index (χ0) is 18.9. The first-order chi connectivity index (χ1) is 13.2. The predicted octanol–water partition coefficient (Wildman–Crippen LogP) is 4.98. The summed E-state index contributed by atoms with van der Waals surface area (Å²) in [7, 11) is 0. The number of carbonyl (C=O) groups is 1. The first kappa shape index (κ1) is 18.8. The minimum absolute atomic E-state index is 0.0955. The summed E-state index contributed by atoms with van der Waals surface area (Å²) in [6.45, 7) is 0.855. The molecule has 1 N–H and O–H groups in total. The molecule has 4 nitrogen and oxygen atoms in total.